The van der Waals surface area contributed by atoms with Crippen molar-refractivity contribution in [3.05, 3.63) is 54.1 Å². The molecule has 1 aromatic heterocycles. The summed E-state index contributed by atoms with van der Waals surface area (Å²) in [5.41, 5.74) is 1.82. The molecule has 1 fully saturated rings. The van der Waals surface area contributed by atoms with Gasteiger partial charge in [0.15, 0.2) is 0 Å². The van der Waals surface area contributed by atoms with Gasteiger partial charge in [-0.15, -0.1) is 5.10 Å². The molecule has 3 aromatic rings. The molecule has 0 radical (unpaired) electrons. The molecule has 0 saturated heterocycles. The molecule has 2 aromatic carbocycles. The smallest absolute Gasteiger partial charge is 0.233 e. The topological polar surface area (TPSA) is 82.4 Å². The van der Waals surface area contributed by atoms with Crippen LogP contribution in [0.15, 0.2) is 53.7 Å². The van der Waals surface area contributed by atoms with Crippen molar-refractivity contribution in [3.8, 4) is 17.2 Å². The van der Waals surface area contributed by atoms with E-state index in [0.29, 0.717) is 23.5 Å². The Balaban J connectivity index is 1.44. The van der Waals surface area contributed by atoms with Crippen LogP contribution >= 0.6 is 11.8 Å². The van der Waals surface area contributed by atoms with Gasteiger partial charge in [-0.25, -0.2) is 0 Å². The van der Waals surface area contributed by atoms with E-state index in [-0.39, 0.29) is 11.7 Å². The maximum atomic E-state index is 13.0. The van der Waals surface area contributed by atoms with E-state index < -0.39 is 0 Å². The molecule has 156 valence electrons. The van der Waals surface area contributed by atoms with Crippen LogP contribution < -0.4 is 9.47 Å². The zero-order valence-electron chi connectivity index (χ0n) is 16.9. The highest BCUT2D eigenvalue weighted by Crippen LogP contribution is 2.31. The van der Waals surface area contributed by atoms with Crippen LogP contribution in [0.1, 0.15) is 18.4 Å². The Kier molecular flexibility index (Phi) is 6.18. The lowest BCUT2D eigenvalue weighted by Gasteiger charge is -2.22. The fourth-order valence-corrected chi connectivity index (χ4v) is 3.94. The molecule has 8 nitrogen and oxygen atoms in total. The molecule has 0 aliphatic heterocycles. The summed E-state index contributed by atoms with van der Waals surface area (Å²) in [5.74, 6) is 1.81. The SMILES string of the molecule is COc1ccc(CN(C(=O)CSc2nnnn2-c2ccccc2OC)C2CC2)cc1. The van der Waals surface area contributed by atoms with Gasteiger partial charge in [0, 0.05) is 12.6 Å². The van der Waals surface area contributed by atoms with Crippen LogP contribution in [-0.2, 0) is 11.3 Å². The number of amides is 1. The van der Waals surface area contributed by atoms with Crippen molar-refractivity contribution >= 4 is 17.7 Å². The number of thioether (sulfide) groups is 1. The number of carbonyl (C=O) groups is 1. The van der Waals surface area contributed by atoms with Gasteiger partial charge in [0.05, 0.1) is 20.0 Å². The molecule has 0 atom stereocenters. The lowest BCUT2D eigenvalue weighted by atomic mass is 10.2. The van der Waals surface area contributed by atoms with Crippen LogP contribution in [0.4, 0.5) is 0 Å². The molecule has 9 heteroatoms. The highest BCUT2D eigenvalue weighted by Gasteiger charge is 2.32. The zero-order valence-corrected chi connectivity index (χ0v) is 17.7. The van der Waals surface area contributed by atoms with Crippen LogP contribution in [0.2, 0.25) is 0 Å². The highest BCUT2D eigenvalue weighted by atomic mass is 32.2. The number of methoxy groups -OCH3 is 2. The molecule has 1 heterocycles. The summed E-state index contributed by atoms with van der Waals surface area (Å²) in [4.78, 5) is 14.9. The van der Waals surface area contributed by atoms with Gasteiger partial charge in [-0.2, -0.15) is 4.68 Å². The highest BCUT2D eigenvalue weighted by molar-refractivity contribution is 7.99. The largest absolute Gasteiger partial charge is 0.497 e. The average Bonchev–Trinajstić information content (AvgIpc) is 3.53. The van der Waals surface area contributed by atoms with E-state index in [4.69, 9.17) is 9.47 Å². The Hall–Kier alpha value is -3.07. The third-order valence-corrected chi connectivity index (χ3v) is 5.80. The molecule has 1 aliphatic rings. The Morgan fingerprint density at radius 1 is 1.13 bits per heavy atom. The second-order valence-corrected chi connectivity index (χ2v) is 7.88. The molecular weight excluding hydrogens is 402 g/mol. The number of tetrazole rings is 1. The lowest BCUT2D eigenvalue weighted by molar-refractivity contribution is -0.129. The first-order valence-electron chi connectivity index (χ1n) is 9.66. The third kappa shape index (κ3) is 4.56. The molecular formula is C21H23N5O3S. The molecule has 1 saturated carbocycles. The van der Waals surface area contributed by atoms with Crippen molar-refractivity contribution in [3.63, 3.8) is 0 Å². The number of benzene rings is 2. The van der Waals surface area contributed by atoms with Gasteiger partial charge >= 0.3 is 0 Å². The summed E-state index contributed by atoms with van der Waals surface area (Å²) in [7, 11) is 3.25. The molecule has 4 rings (SSSR count). The average molecular weight is 426 g/mol. The van der Waals surface area contributed by atoms with Crippen molar-refractivity contribution in [1.82, 2.24) is 25.1 Å². The van der Waals surface area contributed by atoms with E-state index >= 15 is 0 Å². The molecule has 0 bridgehead atoms. The van der Waals surface area contributed by atoms with Gasteiger partial charge in [-0.1, -0.05) is 36.0 Å². The van der Waals surface area contributed by atoms with E-state index in [1.165, 1.54) is 11.8 Å². The molecule has 1 amide bonds. The van der Waals surface area contributed by atoms with Gasteiger partial charge in [0.1, 0.15) is 17.2 Å². The summed E-state index contributed by atoms with van der Waals surface area (Å²) in [6, 6.07) is 15.6. The maximum Gasteiger partial charge on any atom is 0.233 e. The second kappa shape index (κ2) is 9.17. The van der Waals surface area contributed by atoms with Crippen molar-refractivity contribution in [2.45, 2.75) is 30.6 Å². The van der Waals surface area contributed by atoms with Crippen molar-refractivity contribution in [2.24, 2.45) is 0 Å². The fourth-order valence-electron chi connectivity index (χ4n) is 3.17. The first kappa shape index (κ1) is 20.2. The van der Waals surface area contributed by atoms with E-state index in [2.05, 4.69) is 15.5 Å². The van der Waals surface area contributed by atoms with E-state index in [9.17, 15) is 4.79 Å². The van der Waals surface area contributed by atoms with E-state index in [0.717, 1.165) is 29.8 Å². The Labute approximate surface area is 179 Å². The minimum Gasteiger partial charge on any atom is -0.497 e. The maximum absolute atomic E-state index is 13.0. The van der Waals surface area contributed by atoms with Crippen molar-refractivity contribution in [2.75, 3.05) is 20.0 Å². The number of hydrogen-bond acceptors (Lipinski definition) is 7. The molecule has 1 aliphatic carbocycles. The Morgan fingerprint density at radius 2 is 1.90 bits per heavy atom. The Bertz CT molecular complexity index is 1000. The number of ether oxygens (including phenoxy) is 2. The standard InChI is InChI=1S/C21H23N5O3S/c1-28-17-11-7-15(8-12-17)13-25(16-9-10-16)20(27)14-30-21-22-23-24-26(21)18-5-3-4-6-19(18)29-2/h3-8,11-12,16H,9-10,13-14H2,1-2H3. The number of rotatable bonds is 9. The van der Waals surface area contributed by atoms with Crippen LogP contribution in [-0.4, -0.2) is 57.0 Å². The zero-order chi connectivity index (χ0) is 20.9. The summed E-state index contributed by atoms with van der Waals surface area (Å²) in [5, 5.41) is 12.5. The van der Waals surface area contributed by atoms with Crippen LogP contribution in [0.3, 0.4) is 0 Å². The number of carbonyl (C=O) groups excluding carboxylic acids is 1. The lowest BCUT2D eigenvalue weighted by Crippen LogP contribution is -2.34. The molecule has 0 spiro atoms. The minimum absolute atomic E-state index is 0.0768. The van der Waals surface area contributed by atoms with Gasteiger partial charge in [0.25, 0.3) is 0 Å². The van der Waals surface area contributed by atoms with Gasteiger partial charge in [0.2, 0.25) is 11.1 Å². The predicted molar refractivity (Wildman–Crippen MR) is 113 cm³/mol. The summed E-state index contributed by atoms with van der Waals surface area (Å²) in [6.45, 7) is 0.589. The van der Waals surface area contributed by atoms with Gasteiger partial charge in [-0.3, -0.25) is 4.79 Å². The number of aromatic nitrogens is 4. The monoisotopic (exact) mass is 425 g/mol. The quantitative estimate of drug-likeness (QED) is 0.488. The minimum atomic E-state index is 0.0768. The second-order valence-electron chi connectivity index (χ2n) is 6.93. The predicted octanol–water partition coefficient (Wildman–Crippen LogP) is 2.96. The van der Waals surface area contributed by atoms with Crippen molar-refractivity contribution in [1.29, 1.82) is 0 Å². The van der Waals surface area contributed by atoms with Crippen LogP contribution in [0.5, 0.6) is 11.5 Å². The number of nitrogens with zero attached hydrogens (tertiary/aromatic N) is 5. The van der Waals surface area contributed by atoms with Crippen LogP contribution in [0.25, 0.3) is 5.69 Å². The Morgan fingerprint density at radius 3 is 2.60 bits per heavy atom. The van der Waals surface area contributed by atoms with Gasteiger partial charge in [-0.05, 0) is 53.1 Å². The summed E-state index contributed by atoms with van der Waals surface area (Å²) in [6.07, 6.45) is 2.09. The van der Waals surface area contributed by atoms with E-state index in [1.807, 2.05) is 53.4 Å². The number of hydrogen-bond donors (Lipinski definition) is 0. The van der Waals surface area contributed by atoms with E-state index in [1.54, 1.807) is 18.9 Å². The van der Waals surface area contributed by atoms with Crippen LogP contribution in [0, 0.1) is 0 Å². The first-order chi connectivity index (χ1) is 14.7. The number of para-hydroxylation sites is 2. The normalized spacial score (nSPS) is 13.1. The molecule has 0 N–H and O–H groups in total. The van der Waals surface area contributed by atoms with Crippen molar-refractivity contribution < 1.29 is 14.3 Å². The molecule has 0 unspecified atom stereocenters. The molecule has 30 heavy (non-hydrogen) atoms. The summed E-state index contributed by atoms with van der Waals surface area (Å²) >= 11 is 1.33. The first-order valence-corrected chi connectivity index (χ1v) is 10.6. The van der Waals surface area contributed by atoms with Gasteiger partial charge < -0.3 is 14.4 Å². The summed E-state index contributed by atoms with van der Waals surface area (Å²) < 4.78 is 12.2. The third-order valence-electron chi connectivity index (χ3n) is 4.90. The fraction of sp³-hybridized carbons (Fsp3) is 0.333.